The van der Waals surface area contributed by atoms with E-state index in [1.807, 2.05) is 31.2 Å². The molecule has 1 saturated heterocycles. The van der Waals surface area contributed by atoms with Gasteiger partial charge in [0.05, 0.1) is 18.5 Å². The fourth-order valence-electron chi connectivity index (χ4n) is 4.28. The third kappa shape index (κ3) is 6.93. The molecule has 6 nitrogen and oxygen atoms in total. The van der Waals surface area contributed by atoms with Crippen LogP contribution in [0.2, 0.25) is 0 Å². The first-order valence-corrected chi connectivity index (χ1v) is 13.8. The summed E-state index contributed by atoms with van der Waals surface area (Å²) in [5.41, 5.74) is 5.36. The lowest BCUT2D eigenvalue weighted by Gasteiger charge is -2.23. The van der Waals surface area contributed by atoms with Crippen LogP contribution in [0.25, 0.3) is 0 Å². The van der Waals surface area contributed by atoms with Crippen molar-refractivity contribution in [2.75, 3.05) is 23.7 Å². The van der Waals surface area contributed by atoms with Crippen LogP contribution < -0.4 is 9.62 Å². The molecule has 0 atom stereocenters. The summed E-state index contributed by atoms with van der Waals surface area (Å²) < 4.78 is 26.2. The van der Waals surface area contributed by atoms with Crippen LogP contribution in [0.1, 0.15) is 45.5 Å². The first-order valence-electron chi connectivity index (χ1n) is 12.0. The first kappa shape index (κ1) is 24.9. The van der Waals surface area contributed by atoms with Crippen LogP contribution in [0, 0.1) is 6.92 Å². The van der Waals surface area contributed by atoms with Gasteiger partial charge in [-0.25, -0.2) is 8.42 Å². The molecule has 3 aromatic rings. The van der Waals surface area contributed by atoms with Gasteiger partial charge in [0.15, 0.2) is 0 Å². The highest BCUT2D eigenvalue weighted by atomic mass is 32.2. The second-order valence-electron chi connectivity index (χ2n) is 9.28. The average molecular weight is 492 g/mol. The molecule has 0 spiro atoms. The molecule has 3 aromatic carbocycles. The summed E-state index contributed by atoms with van der Waals surface area (Å²) in [4.78, 5) is 15.1. The molecule has 4 rings (SSSR count). The topological polar surface area (TPSA) is 69.7 Å². The van der Waals surface area contributed by atoms with E-state index in [4.69, 9.17) is 0 Å². The van der Waals surface area contributed by atoms with Crippen molar-refractivity contribution < 1.29 is 13.2 Å². The lowest BCUT2D eigenvalue weighted by atomic mass is 10.1. The van der Waals surface area contributed by atoms with E-state index in [1.165, 1.54) is 42.1 Å². The summed E-state index contributed by atoms with van der Waals surface area (Å²) in [5, 5.41) is 2.95. The molecule has 0 radical (unpaired) electrons. The fourth-order valence-corrected chi connectivity index (χ4v) is 5.17. The molecule has 1 amide bonds. The van der Waals surface area contributed by atoms with E-state index >= 15 is 0 Å². The van der Waals surface area contributed by atoms with Gasteiger partial charge in [0.1, 0.15) is 0 Å². The summed E-state index contributed by atoms with van der Waals surface area (Å²) in [6, 6.07) is 22.8. The van der Waals surface area contributed by atoms with Crippen LogP contribution >= 0.6 is 0 Å². The molecule has 184 valence electrons. The minimum atomic E-state index is -3.49. The minimum absolute atomic E-state index is 0.192. The van der Waals surface area contributed by atoms with Crippen molar-refractivity contribution in [3.8, 4) is 0 Å². The van der Waals surface area contributed by atoms with E-state index in [1.54, 1.807) is 24.3 Å². The number of carbonyl (C=O) groups is 1. The minimum Gasteiger partial charge on any atom is -0.348 e. The molecule has 0 saturated carbocycles. The summed E-state index contributed by atoms with van der Waals surface area (Å²) in [6.07, 6.45) is 3.76. The highest BCUT2D eigenvalue weighted by Crippen LogP contribution is 2.22. The number of nitrogens with zero attached hydrogens (tertiary/aromatic N) is 2. The first-order chi connectivity index (χ1) is 16.8. The third-order valence-electron chi connectivity index (χ3n) is 6.35. The monoisotopic (exact) mass is 491 g/mol. The number of benzene rings is 3. The summed E-state index contributed by atoms with van der Waals surface area (Å²) in [7, 11) is -3.49. The summed E-state index contributed by atoms with van der Waals surface area (Å²) in [5.74, 6) is -0.192. The molecular formula is C28H33N3O3S. The van der Waals surface area contributed by atoms with Crippen molar-refractivity contribution in [2.45, 2.75) is 39.4 Å². The predicted molar refractivity (Wildman–Crippen MR) is 141 cm³/mol. The molecule has 35 heavy (non-hydrogen) atoms. The summed E-state index contributed by atoms with van der Waals surface area (Å²) >= 11 is 0. The Bertz CT molecular complexity index is 1230. The number of aryl methyl sites for hydroxylation is 1. The van der Waals surface area contributed by atoms with Crippen molar-refractivity contribution >= 4 is 21.6 Å². The smallest absolute Gasteiger partial charge is 0.251 e. The van der Waals surface area contributed by atoms with Gasteiger partial charge in [-0.1, -0.05) is 54.1 Å². The largest absolute Gasteiger partial charge is 0.348 e. The zero-order chi connectivity index (χ0) is 24.8. The van der Waals surface area contributed by atoms with Gasteiger partial charge >= 0.3 is 0 Å². The van der Waals surface area contributed by atoms with Crippen LogP contribution in [0.15, 0.2) is 72.8 Å². The van der Waals surface area contributed by atoms with E-state index < -0.39 is 10.0 Å². The Balaban J connectivity index is 1.36. The van der Waals surface area contributed by atoms with Crippen molar-refractivity contribution in [3.05, 3.63) is 101 Å². The van der Waals surface area contributed by atoms with E-state index in [9.17, 15) is 13.2 Å². The number of likely N-dealkylation sites (tertiary alicyclic amines) is 1. The van der Waals surface area contributed by atoms with Gasteiger partial charge < -0.3 is 5.32 Å². The molecule has 0 aliphatic carbocycles. The number of amides is 1. The van der Waals surface area contributed by atoms with Gasteiger partial charge in [-0.15, -0.1) is 0 Å². The van der Waals surface area contributed by atoms with Gasteiger partial charge in [0.2, 0.25) is 10.0 Å². The van der Waals surface area contributed by atoms with E-state index in [0.717, 1.165) is 23.2 Å². The molecule has 1 heterocycles. The zero-order valence-electron chi connectivity index (χ0n) is 20.4. The maximum absolute atomic E-state index is 12.7. The Morgan fingerprint density at radius 1 is 0.857 bits per heavy atom. The molecule has 1 aliphatic rings. The van der Waals surface area contributed by atoms with Crippen LogP contribution in [-0.2, 0) is 29.7 Å². The van der Waals surface area contributed by atoms with Crippen molar-refractivity contribution in [1.29, 1.82) is 0 Å². The number of rotatable bonds is 9. The summed E-state index contributed by atoms with van der Waals surface area (Å²) in [6.45, 7) is 5.99. The molecule has 1 N–H and O–H groups in total. The fraction of sp³-hybridized carbons (Fsp3) is 0.321. The Hall–Kier alpha value is -3.16. The van der Waals surface area contributed by atoms with Gasteiger partial charge in [0, 0.05) is 18.7 Å². The standard InChI is InChI=1S/C28H33N3O3S/c1-22-5-7-25(8-6-22)21-31(35(2,33)34)27-15-13-26(14-16-27)28(32)29-19-23-9-11-24(12-10-23)20-30-17-3-4-18-30/h5-16H,3-4,17-21H2,1-2H3,(H,29,32). The highest BCUT2D eigenvalue weighted by molar-refractivity contribution is 7.92. The van der Waals surface area contributed by atoms with E-state index in [0.29, 0.717) is 17.8 Å². The van der Waals surface area contributed by atoms with E-state index in [-0.39, 0.29) is 12.5 Å². The van der Waals surface area contributed by atoms with Gasteiger partial charge in [-0.3, -0.25) is 14.0 Å². The number of anilines is 1. The maximum Gasteiger partial charge on any atom is 0.251 e. The number of nitrogens with one attached hydrogen (secondary N) is 1. The molecule has 0 aromatic heterocycles. The normalized spacial score (nSPS) is 14.1. The second kappa shape index (κ2) is 11.1. The number of hydrogen-bond donors (Lipinski definition) is 1. The average Bonchev–Trinajstić information content (AvgIpc) is 3.35. The van der Waals surface area contributed by atoms with Crippen molar-refractivity contribution in [1.82, 2.24) is 10.2 Å². The van der Waals surface area contributed by atoms with Gasteiger partial charge in [0.25, 0.3) is 5.91 Å². The lowest BCUT2D eigenvalue weighted by molar-refractivity contribution is 0.0951. The highest BCUT2D eigenvalue weighted by Gasteiger charge is 2.18. The second-order valence-corrected chi connectivity index (χ2v) is 11.2. The Kier molecular flexibility index (Phi) is 7.88. The number of carbonyl (C=O) groups excluding carboxylic acids is 1. The predicted octanol–water partition coefficient (Wildman–Crippen LogP) is 4.49. The van der Waals surface area contributed by atoms with E-state index in [2.05, 4.69) is 34.5 Å². The molecule has 1 fully saturated rings. The quantitative estimate of drug-likeness (QED) is 0.479. The third-order valence-corrected chi connectivity index (χ3v) is 7.49. The number of hydrogen-bond acceptors (Lipinski definition) is 4. The van der Waals surface area contributed by atoms with Crippen LogP contribution in [0.3, 0.4) is 0 Å². The molecular weight excluding hydrogens is 458 g/mol. The van der Waals surface area contributed by atoms with Crippen LogP contribution in [0.5, 0.6) is 0 Å². The molecule has 0 bridgehead atoms. The van der Waals surface area contributed by atoms with Crippen LogP contribution in [0.4, 0.5) is 5.69 Å². The lowest BCUT2D eigenvalue weighted by Crippen LogP contribution is -2.29. The SMILES string of the molecule is Cc1ccc(CN(c2ccc(C(=O)NCc3ccc(CN4CCCC4)cc3)cc2)S(C)(=O)=O)cc1. The number of sulfonamides is 1. The Morgan fingerprint density at radius 3 is 2.03 bits per heavy atom. The van der Waals surface area contributed by atoms with Crippen LogP contribution in [-0.4, -0.2) is 38.6 Å². The van der Waals surface area contributed by atoms with Crippen molar-refractivity contribution in [2.24, 2.45) is 0 Å². The van der Waals surface area contributed by atoms with Crippen molar-refractivity contribution in [3.63, 3.8) is 0 Å². The molecule has 1 aliphatic heterocycles. The maximum atomic E-state index is 12.7. The Morgan fingerprint density at radius 2 is 1.43 bits per heavy atom. The molecule has 0 unspecified atom stereocenters. The van der Waals surface area contributed by atoms with Gasteiger partial charge in [-0.2, -0.15) is 0 Å². The molecule has 7 heteroatoms. The van der Waals surface area contributed by atoms with Gasteiger partial charge in [-0.05, 0) is 73.8 Å². The Labute approximate surface area is 208 Å². The zero-order valence-corrected chi connectivity index (χ0v) is 21.2.